The van der Waals surface area contributed by atoms with Gasteiger partial charge < -0.3 is 10.6 Å². The molecule has 1 aromatic rings. The fourth-order valence-corrected chi connectivity index (χ4v) is 2.57. The minimum absolute atomic E-state index is 0.181. The van der Waals surface area contributed by atoms with Crippen LogP contribution in [0.25, 0.3) is 0 Å². The summed E-state index contributed by atoms with van der Waals surface area (Å²) in [5.74, 6) is 0.919. The molecule has 0 amide bonds. The van der Waals surface area contributed by atoms with Crippen molar-refractivity contribution < 1.29 is 0 Å². The number of hydrogen-bond donors (Lipinski definition) is 1. The first-order valence-corrected chi connectivity index (χ1v) is 7.35. The van der Waals surface area contributed by atoms with Crippen LogP contribution >= 0.6 is 0 Å². The quantitative estimate of drug-likeness (QED) is 0.829. The third kappa shape index (κ3) is 3.05. The van der Waals surface area contributed by atoms with E-state index in [4.69, 9.17) is 5.73 Å². The third-order valence-corrected chi connectivity index (χ3v) is 4.21. The first-order chi connectivity index (χ1) is 8.74. The maximum absolute atomic E-state index is 6.05. The van der Waals surface area contributed by atoms with Crippen molar-refractivity contribution in [2.24, 2.45) is 11.7 Å². The van der Waals surface area contributed by atoms with Gasteiger partial charge >= 0.3 is 0 Å². The Morgan fingerprint density at radius 2 is 1.89 bits per heavy atom. The van der Waals surface area contributed by atoms with E-state index in [0.717, 1.165) is 18.9 Å². The Bertz CT molecular complexity index is 354. The molecule has 2 heteroatoms. The largest absolute Gasteiger partial charge is 0.372 e. The molecule has 0 aromatic heterocycles. The van der Waals surface area contributed by atoms with Crippen LogP contribution in [-0.4, -0.2) is 13.1 Å². The van der Waals surface area contributed by atoms with Crippen molar-refractivity contribution in [3.8, 4) is 0 Å². The van der Waals surface area contributed by atoms with Crippen LogP contribution in [0.1, 0.15) is 51.1 Å². The van der Waals surface area contributed by atoms with Crippen LogP contribution in [-0.2, 0) is 0 Å². The summed E-state index contributed by atoms with van der Waals surface area (Å²) in [6, 6.07) is 9.01. The van der Waals surface area contributed by atoms with E-state index in [0.29, 0.717) is 0 Å². The molecule has 1 atom stereocenters. The lowest BCUT2D eigenvalue weighted by Crippen LogP contribution is -2.32. The minimum atomic E-state index is 0.181. The van der Waals surface area contributed by atoms with Crippen molar-refractivity contribution in [1.82, 2.24) is 0 Å². The number of anilines is 1. The fraction of sp³-hybridized carbons (Fsp3) is 0.625. The average molecular weight is 246 g/mol. The smallest absolute Gasteiger partial charge is 0.0366 e. The maximum Gasteiger partial charge on any atom is 0.0366 e. The Balaban J connectivity index is 2.01. The van der Waals surface area contributed by atoms with Gasteiger partial charge in [-0.3, -0.25) is 0 Å². The summed E-state index contributed by atoms with van der Waals surface area (Å²) < 4.78 is 0. The van der Waals surface area contributed by atoms with Crippen LogP contribution in [0.15, 0.2) is 24.3 Å². The molecule has 1 aliphatic rings. The van der Waals surface area contributed by atoms with Gasteiger partial charge in [-0.05, 0) is 49.8 Å². The van der Waals surface area contributed by atoms with Crippen molar-refractivity contribution in [2.75, 3.05) is 18.0 Å². The van der Waals surface area contributed by atoms with Gasteiger partial charge in [-0.2, -0.15) is 0 Å². The standard InChI is InChI=1S/C16H26N2/c1-3-16(17)14-8-10-15(11-9-14)18(4-2)12-13-6-5-7-13/h8-11,13,16H,3-7,12,17H2,1-2H3/t16-/m1/s1. The Hall–Kier alpha value is -1.02. The third-order valence-electron chi connectivity index (χ3n) is 4.21. The molecule has 0 unspecified atom stereocenters. The molecule has 0 radical (unpaired) electrons. The highest BCUT2D eigenvalue weighted by Gasteiger charge is 2.20. The Labute approximate surface area is 111 Å². The minimum Gasteiger partial charge on any atom is -0.372 e. The van der Waals surface area contributed by atoms with E-state index >= 15 is 0 Å². The predicted octanol–water partition coefficient (Wildman–Crippen LogP) is 3.72. The second kappa shape index (κ2) is 6.24. The Morgan fingerprint density at radius 3 is 2.33 bits per heavy atom. The number of hydrogen-bond acceptors (Lipinski definition) is 2. The number of benzene rings is 1. The highest BCUT2D eigenvalue weighted by Crippen LogP contribution is 2.29. The maximum atomic E-state index is 6.05. The molecule has 1 fully saturated rings. The van der Waals surface area contributed by atoms with Crippen molar-refractivity contribution in [3.05, 3.63) is 29.8 Å². The molecule has 0 aliphatic heterocycles. The summed E-state index contributed by atoms with van der Waals surface area (Å²) in [5, 5.41) is 0. The van der Waals surface area contributed by atoms with E-state index in [-0.39, 0.29) is 6.04 Å². The Kier molecular flexibility index (Phi) is 4.65. The lowest BCUT2D eigenvalue weighted by atomic mass is 9.85. The second-order valence-corrected chi connectivity index (χ2v) is 5.44. The number of nitrogens with zero attached hydrogens (tertiary/aromatic N) is 1. The summed E-state index contributed by atoms with van der Waals surface area (Å²) in [4.78, 5) is 2.49. The topological polar surface area (TPSA) is 29.3 Å². The van der Waals surface area contributed by atoms with Crippen molar-refractivity contribution in [2.45, 2.75) is 45.6 Å². The van der Waals surface area contributed by atoms with Gasteiger partial charge in [-0.25, -0.2) is 0 Å². The van der Waals surface area contributed by atoms with Crippen LogP contribution in [0.3, 0.4) is 0 Å². The van der Waals surface area contributed by atoms with Crippen molar-refractivity contribution in [1.29, 1.82) is 0 Å². The summed E-state index contributed by atoms with van der Waals surface area (Å²) in [6.07, 6.45) is 5.25. The summed E-state index contributed by atoms with van der Waals surface area (Å²) >= 11 is 0. The first kappa shape index (κ1) is 13.4. The SMILES string of the molecule is CC[C@@H](N)c1ccc(N(CC)CC2CCC2)cc1. The van der Waals surface area contributed by atoms with Gasteiger partial charge in [0.05, 0.1) is 0 Å². The lowest BCUT2D eigenvalue weighted by molar-refractivity contribution is 0.318. The van der Waals surface area contributed by atoms with Crippen molar-refractivity contribution >= 4 is 5.69 Å². The van der Waals surface area contributed by atoms with E-state index in [1.54, 1.807) is 0 Å². The lowest BCUT2D eigenvalue weighted by Gasteiger charge is -2.33. The summed E-state index contributed by atoms with van der Waals surface area (Å²) in [6.45, 7) is 6.68. The fourth-order valence-electron chi connectivity index (χ4n) is 2.57. The molecule has 1 aliphatic carbocycles. The van der Waals surface area contributed by atoms with Crippen LogP contribution < -0.4 is 10.6 Å². The number of nitrogens with two attached hydrogens (primary N) is 1. The molecule has 100 valence electrons. The summed E-state index contributed by atoms with van der Waals surface area (Å²) in [7, 11) is 0. The molecule has 18 heavy (non-hydrogen) atoms. The number of rotatable bonds is 6. The van der Waals surface area contributed by atoms with Crippen LogP contribution in [0.4, 0.5) is 5.69 Å². The van der Waals surface area contributed by atoms with E-state index in [1.165, 1.54) is 37.1 Å². The zero-order valence-electron chi connectivity index (χ0n) is 11.7. The summed E-state index contributed by atoms with van der Waals surface area (Å²) in [5.41, 5.74) is 8.65. The van der Waals surface area contributed by atoms with Crippen LogP contribution in [0.5, 0.6) is 0 Å². The molecule has 2 nitrogen and oxygen atoms in total. The van der Waals surface area contributed by atoms with Gasteiger partial charge in [0.2, 0.25) is 0 Å². The van der Waals surface area contributed by atoms with Gasteiger partial charge in [0.1, 0.15) is 0 Å². The van der Waals surface area contributed by atoms with E-state index < -0.39 is 0 Å². The van der Waals surface area contributed by atoms with Gasteiger partial charge in [-0.1, -0.05) is 25.5 Å². The first-order valence-electron chi connectivity index (χ1n) is 7.35. The highest BCUT2D eigenvalue weighted by molar-refractivity contribution is 5.48. The second-order valence-electron chi connectivity index (χ2n) is 5.44. The van der Waals surface area contributed by atoms with Gasteiger partial charge in [-0.15, -0.1) is 0 Å². The molecule has 0 saturated heterocycles. The molecule has 1 aromatic carbocycles. The molecular weight excluding hydrogens is 220 g/mol. The van der Waals surface area contributed by atoms with Gasteiger partial charge in [0.25, 0.3) is 0 Å². The van der Waals surface area contributed by atoms with Crippen LogP contribution in [0.2, 0.25) is 0 Å². The normalized spacial score (nSPS) is 17.3. The van der Waals surface area contributed by atoms with E-state index in [1.807, 2.05) is 0 Å². The van der Waals surface area contributed by atoms with Gasteiger partial charge in [0.15, 0.2) is 0 Å². The molecule has 1 saturated carbocycles. The highest BCUT2D eigenvalue weighted by atomic mass is 15.1. The van der Waals surface area contributed by atoms with Crippen LogP contribution in [0, 0.1) is 5.92 Å². The predicted molar refractivity (Wildman–Crippen MR) is 78.9 cm³/mol. The van der Waals surface area contributed by atoms with Gasteiger partial charge in [0, 0.05) is 24.8 Å². The monoisotopic (exact) mass is 246 g/mol. The van der Waals surface area contributed by atoms with E-state index in [9.17, 15) is 0 Å². The Morgan fingerprint density at radius 1 is 1.22 bits per heavy atom. The zero-order chi connectivity index (χ0) is 13.0. The molecule has 2 rings (SSSR count). The van der Waals surface area contributed by atoms with Crippen molar-refractivity contribution in [3.63, 3.8) is 0 Å². The average Bonchev–Trinajstić information content (AvgIpc) is 2.37. The molecule has 0 heterocycles. The molecule has 0 bridgehead atoms. The molecular formula is C16H26N2. The molecule has 2 N–H and O–H groups in total. The molecule has 0 spiro atoms. The zero-order valence-corrected chi connectivity index (χ0v) is 11.7. The van der Waals surface area contributed by atoms with E-state index in [2.05, 4.69) is 43.0 Å².